The average Bonchev–Trinajstić information content (AvgIpc) is 1.66. The molecule has 0 aromatic heterocycles. The summed E-state index contributed by atoms with van der Waals surface area (Å²) >= 11 is 0. The summed E-state index contributed by atoms with van der Waals surface area (Å²) in [5.74, 6) is -0.710. The summed E-state index contributed by atoms with van der Waals surface area (Å²) in [4.78, 5) is 9.85. The smallest absolute Gasteiger partial charge is 0.303 e. The molecule has 0 aliphatic rings. The van der Waals surface area contributed by atoms with Gasteiger partial charge in [-0.05, 0) is 12.8 Å². The van der Waals surface area contributed by atoms with Gasteiger partial charge in [0.1, 0.15) is 0 Å². The van der Waals surface area contributed by atoms with Crippen molar-refractivity contribution in [3.63, 3.8) is 0 Å². The fraction of sp³-hybridized carbons (Fsp3) is 0.667. The summed E-state index contributed by atoms with van der Waals surface area (Å²) in [6.45, 7) is 3.59. The molecule has 0 aliphatic carbocycles. The Hall–Kier alpha value is -0.660. The maximum Gasteiger partial charge on any atom is 0.303 e. The van der Waals surface area contributed by atoms with E-state index in [1.807, 2.05) is 0 Å². The topological polar surface area (TPSA) is 37.3 Å². The molecule has 0 unspecified atom stereocenters. The standard InChI is InChI=1S/C6H10O2/c1-2-3-4-5-6(7)8/h1-5H2/p+1. The lowest BCUT2D eigenvalue weighted by Gasteiger charge is -1.87. The molecule has 1 N–H and O–H groups in total. The van der Waals surface area contributed by atoms with E-state index in [1.165, 1.54) is 0 Å². The Labute approximate surface area is 49.5 Å². The highest BCUT2D eigenvalue weighted by atomic mass is 16.4. The van der Waals surface area contributed by atoms with Gasteiger partial charge in [-0.15, -0.1) is 0 Å². The third-order valence-electron chi connectivity index (χ3n) is 0.891. The number of hydrogen-bond acceptors (Lipinski definition) is 1. The Morgan fingerprint density at radius 1 is 1.50 bits per heavy atom. The van der Waals surface area contributed by atoms with Crippen LogP contribution in [0.15, 0.2) is 0 Å². The third kappa shape index (κ3) is 5.34. The van der Waals surface area contributed by atoms with Gasteiger partial charge in [-0.3, -0.25) is 4.79 Å². The van der Waals surface area contributed by atoms with Crippen LogP contribution in [0.2, 0.25) is 0 Å². The van der Waals surface area contributed by atoms with Crippen molar-refractivity contribution in [3.05, 3.63) is 6.92 Å². The minimum absolute atomic E-state index is 0.287. The first-order valence-electron chi connectivity index (χ1n) is 2.78. The lowest BCUT2D eigenvalue weighted by atomic mass is 10.2. The third-order valence-corrected chi connectivity index (χ3v) is 0.891. The van der Waals surface area contributed by atoms with Crippen LogP contribution >= 0.6 is 0 Å². The molecule has 0 aromatic rings. The maximum atomic E-state index is 9.85. The zero-order valence-corrected chi connectivity index (χ0v) is 4.89. The van der Waals surface area contributed by atoms with Crippen molar-refractivity contribution >= 4 is 5.97 Å². The lowest BCUT2D eigenvalue weighted by Crippen LogP contribution is -1.92. The van der Waals surface area contributed by atoms with Crippen LogP contribution in [0.5, 0.6) is 0 Å². The zero-order chi connectivity index (χ0) is 6.41. The van der Waals surface area contributed by atoms with E-state index in [9.17, 15) is 4.79 Å². The Morgan fingerprint density at radius 3 is 2.50 bits per heavy atom. The van der Waals surface area contributed by atoms with Gasteiger partial charge in [-0.1, -0.05) is 0 Å². The number of unbranched alkanes of at least 4 members (excludes halogenated alkanes) is 2. The van der Waals surface area contributed by atoms with Gasteiger partial charge in [0, 0.05) is 6.42 Å². The zero-order valence-electron chi connectivity index (χ0n) is 4.89. The SMILES string of the molecule is [CH2+]CCCCC(=O)O. The Bertz CT molecular complexity index is 68.9. The van der Waals surface area contributed by atoms with E-state index < -0.39 is 5.97 Å². The molecule has 0 aliphatic heterocycles. The van der Waals surface area contributed by atoms with Crippen LogP contribution < -0.4 is 0 Å². The van der Waals surface area contributed by atoms with E-state index in [0.29, 0.717) is 0 Å². The second-order valence-electron chi connectivity index (χ2n) is 1.70. The fourth-order valence-electron chi connectivity index (χ4n) is 0.453. The van der Waals surface area contributed by atoms with Gasteiger partial charge < -0.3 is 5.11 Å². The van der Waals surface area contributed by atoms with Crippen molar-refractivity contribution in [1.29, 1.82) is 0 Å². The Balaban J connectivity index is 2.82. The molecule has 8 heavy (non-hydrogen) atoms. The molecule has 0 radical (unpaired) electrons. The van der Waals surface area contributed by atoms with Gasteiger partial charge >= 0.3 is 5.97 Å². The minimum Gasteiger partial charge on any atom is -0.481 e. The minimum atomic E-state index is -0.710. The predicted molar refractivity (Wildman–Crippen MR) is 31.5 cm³/mol. The molecule has 2 heteroatoms. The van der Waals surface area contributed by atoms with Crippen molar-refractivity contribution in [2.75, 3.05) is 0 Å². The molecule has 0 fully saturated rings. The van der Waals surface area contributed by atoms with E-state index in [-0.39, 0.29) is 6.42 Å². The van der Waals surface area contributed by atoms with Crippen molar-refractivity contribution in [2.24, 2.45) is 0 Å². The summed E-state index contributed by atoms with van der Waals surface area (Å²) in [5.41, 5.74) is 0. The molecule has 0 heterocycles. The summed E-state index contributed by atoms with van der Waals surface area (Å²) < 4.78 is 0. The average molecular weight is 115 g/mol. The number of carboxylic acids is 1. The van der Waals surface area contributed by atoms with Gasteiger partial charge in [-0.25, -0.2) is 0 Å². The highest BCUT2D eigenvalue weighted by Gasteiger charge is 1.94. The number of rotatable bonds is 4. The molecule has 0 atom stereocenters. The summed E-state index contributed by atoms with van der Waals surface area (Å²) in [5, 5.41) is 8.12. The summed E-state index contributed by atoms with van der Waals surface area (Å²) in [7, 11) is 0. The maximum absolute atomic E-state index is 9.85. The monoisotopic (exact) mass is 115 g/mol. The molecule has 46 valence electrons. The van der Waals surface area contributed by atoms with Crippen molar-refractivity contribution < 1.29 is 9.90 Å². The second-order valence-corrected chi connectivity index (χ2v) is 1.70. The number of carboxylic acid groups (broad SMARTS) is 1. The van der Waals surface area contributed by atoms with Crippen molar-refractivity contribution in [1.82, 2.24) is 0 Å². The van der Waals surface area contributed by atoms with Gasteiger partial charge in [0.05, 0.1) is 13.3 Å². The van der Waals surface area contributed by atoms with E-state index in [1.54, 1.807) is 0 Å². The molecule has 0 amide bonds. The number of hydrogen-bond donors (Lipinski definition) is 1. The van der Waals surface area contributed by atoms with E-state index in [4.69, 9.17) is 5.11 Å². The van der Waals surface area contributed by atoms with Gasteiger partial charge in [0.15, 0.2) is 0 Å². The number of aliphatic carboxylic acids is 1. The molecule has 2 nitrogen and oxygen atoms in total. The first-order valence-corrected chi connectivity index (χ1v) is 2.78. The van der Waals surface area contributed by atoms with Crippen molar-refractivity contribution in [3.8, 4) is 0 Å². The van der Waals surface area contributed by atoms with Gasteiger partial charge in [-0.2, -0.15) is 0 Å². The summed E-state index contributed by atoms with van der Waals surface area (Å²) in [6.07, 6.45) is 2.81. The normalized spacial score (nSPS) is 9.00. The van der Waals surface area contributed by atoms with Crippen LogP contribution in [0, 0.1) is 6.92 Å². The molecular weight excluding hydrogens is 104 g/mol. The highest BCUT2D eigenvalue weighted by Crippen LogP contribution is 1.96. The lowest BCUT2D eigenvalue weighted by molar-refractivity contribution is -0.137. The van der Waals surface area contributed by atoms with Crippen LogP contribution in [-0.4, -0.2) is 11.1 Å². The molecule has 0 spiro atoms. The van der Waals surface area contributed by atoms with E-state index in [0.717, 1.165) is 19.3 Å². The Kier molecular flexibility index (Phi) is 4.13. The molecular formula is C6H11O2+. The van der Waals surface area contributed by atoms with Crippen LogP contribution in [-0.2, 0) is 4.79 Å². The molecule has 0 aromatic carbocycles. The Morgan fingerprint density at radius 2 is 2.12 bits per heavy atom. The van der Waals surface area contributed by atoms with Gasteiger partial charge in [0.25, 0.3) is 0 Å². The van der Waals surface area contributed by atoms with Crippen LogP contribution in [0.25, 0.3) is 0 Å². The highest BCUT2D eigenvalue weighted by molar-refractivity contribution is 5.66. The van der Waals surface area contributed by atoms with Gasteiger partial charge in [0.2, 0.25) is 0 Å². The van der Waals surface area contributed by atoms with Crippen LogP contribution in [0.1, 0.15) is 25.7 Å². The fourth-order valence-corrected chi connectivity index (χ4v) is 0.453. The first-order chi connectivity index (χ1) is 3.77. The largest absolute Gasteiger partial charge is 0.481 e. The van der Waals surface area contributed by atoms with Crippen LogP contribution in [0.4, 0.5) is 0 Å². The number of carbonyl (C=O) groups is 1. The van der Waals surface area contributed by atoms with E-state index >= 15 is 0 Å². The molecule has 0 rings (SSSR count). The van der Waals surface area contributed by atoms with Crippen molar-refractivity contribution in [2.45, 2.75) is 25.7 Å². The second kappa shape index (κ2) is 4.50. The summed E-state index contributed by atoms with van der Waals surface area (Å²) in [6, 6.07) is 0. The molecule has 0 bridgehead atoms. The van der Waals surface area contributed by atoms with Crippen LogP contribution in [0.3, 0.4) is 0 Å². The van der Waals surface area contributed by atoms with E-state index in [2.05, 4.69) is 6.92 Å². The molecule has 0 saturated heterocycles. The molecule has 0 saturated carbocycles. The first kappa shape index (κ1) is 7.34. The quantitative estimate of drug-likeness (QED) is 0.445. The predicted octanol–water partition coefficient (Wildman–Crippen LogP) is 1.47.